The van der Waals surface area contributed by atoms with Gasteiger partial charge in [0.1, 0.15) is 0 Å². The molecule has 0 spiro atoms. The minimum Gasteiger partial charge on any atom is -0.348 e. The van der Waals surface area contributed by atoms with Crippen molar-refractivity contribution in [1.82, 2.24) is 9.47 Å². The van der Waals surface area contributed by atoms with Gasteiger partial charge in [-0.2, -0.15) is 0 Å². The average Bonchev–Trinajstić information content (AvgIpc) is 3.19. The summed E-state index contributed by atoms with van der Waals surface area (Å²) in [6.07, 6.45) is 2.06. The highest BCUT2D eigenvalue weighted by atomic mass is 35.5. The predicted octanol–water partition coefficient (Wildman–Crippen LogP) is 6.56. The highest BCUT2D eigenvalue weighted by Crippen LogP contribution is 2.35. The monoisotopic (exact) mass is 427 g/mol. The summed E-state index contributed by atoms with van der Waals surface area (Å²) < 4.78 is 2.20. The minimum atomic E-state index is -0.217. The Labute approximate surface area is 181 Å². The number of halogens is 2. The summed E-state index contributed by atoms with van der Waals surface area (Å²) in [4.78, 5) is 15.1. The lowest BCUT2D eigenvalue weighted by atomic mass is 9.96. The summed E-state index contributed by atoms with van der Waals surface area (Å²) >= 11 is 12.5. The van der Waals surface area contributed by atoms with Crippen LogP contribution >= 0.6 is 23.2 Å². The maximum absolute atomic E-state index is 13.3. The van der Waals surface area contributed by atoms with Crippen molar-refractivity contribution in [3.63, 3.8) is 0 Å². The Morgan fingerprint density at radius 3 is 2.34 bits per heavy atom. The molecule has 29 heavy (non-hydrogen) atoms. The number of nitrogens with one attached hydrogen (secondary N) is 1. The summed E-state index contributed by atoms with van der Waals surface area (Å²) in [6.45, 7) is 5.68. The second-order valence-corrected chi connectivity index (χ2v) is 8.38. The molecule has 150 valence electrons. The first kappa shape index (κ1) is 19.9. The van der Waals surface area contributed by atoms with E-state index in [2.05, 4.69) is 60.3 Å². The molecule has 4 nitrogen and oxygen atoms in total. The van der Waals surface area contributed by atoms with Crippen molar-refractivity contribution < 1.29 is 4.79 Å². The van der Waals surface area contributed by atoms with Crippen LogP contribution in [0.4, 0.5) is 10.5 Å². The number of fused-ring (bicyclic) bond motifs is 1. The van der Waals surface area contributed by atoms with Crippen LogP contribution in [-0.4, -0.2) is 22.0 Å². The molecule has 2 amide bonds. The van der Waals surface area contributed by atoms with E-state index in [1.54, 1.807) is 18.2 Å². The third-order valence-corrected chi connectivity index (χ3v) is 6.04. The van der Waals surface area contributed by atoms with Crippen molar-refractivity contribution >= 4 is 34.9 Å². The lowest BCUT2D eigenvalue weighted by Gasteiger charge is -2.37. The third kappa shape index (κ3) is 3.87. The fraction of sp³-hybridized carbons (Fsp3) is 0.261. The van der Waals surface area contributed by atoms with E-state index in [1.165, 1.54) is 5.56 Å². The topological polar surface area (TPSA) is 37.3 Å². The van der Waals surface area contributed by atoms with Gasteiger partial charge in [-0.1, -0.05) is 67.4 Å². The Morgan fingerprint density at radius 2 is 1.69 bits per heavy atom. The Morgan fingerprint density at radius 1 is 1.00 bits per heavy atom. The molecule has 1 N–H and O–H groups in total. The van der Waals surface area contributed by atoms with E-state index in [4.69, 9.17) is 23.2 Å². The van der Waals surface area contributed by atoms with Gasteiger partial charge in [-0.25, -0.2) is 4.79 Å². The lowest BCUT2D eigenvalue weighted by Crippen LogP contribution is -2.44. The van der Waals surface area contributed by atoms with E-state index in [0.717, 1.165) is 17.8 Å². The highest BCUT2D eigenvalue weighted by molar-refractivity contribution is 6.39. The SMILES string of the molecule is CC(C)c1ccc(C2c3cccn3CCN2C(=O)Nc2c(Cl)cccc2Cl)cc1. The summed E-state index contributed by atoms with van der Waals surface area (Å²) in [5, 5.41) is 3.76. The van der Waals surface area contributed by atoms with E-state index >= 15 is 0 Å². The summed E-state index contributed by atoms with van der Waals surface area (Å²) in [7, 11) is 0. The van der Waals surface area contributed by atoms with Gasteiger partial charge in [0.25, 0.3) is 0 Å². The fourth-order valence-electron chi connectivity index (χ4n) is 3.81. The number of urea groups is 1. The molecule has 2 heterocycles. The van der Waals surface area contributed by atoms with Gasteiger partial charge in [-0.3, -0.25) is 0 Å². The predicted molar refractivity (Wildman–Crippen MR) is 119 cm³/mol. The summed E-state index contributed by atoms with van der Waals surface area (Å²) in [5.41, 5.74) is 3.89. The van der Waals surface area contributed by atoms with Gasteiger partial charge in [0.15, 0.2) is 0 Å². The van der Waals surface area contributed by atoms with Gasteiger partial charge in [-0.05, 0) is 41.3 Å². The number of amides is 2. The van der Waals surface area contributed by atoms with E-state index in [1.807, 2.05) is 11.0 Å². The van der Waals surface area contributed by atoms with Gasteiger partial charge in [-0.15, -0.1) is 0 Å². The smallest absolute Gasteiger partial charge is 0.322 e. The molecule has 2 aromatic carbocycles. The molecular weight excluding hydrogens is 405 g/mol. The van der Waals surface area contributed by atoms with Crippen molar-refractivity contribution in [3.8, 4) is 0 Å². The molecule has 3 aromatic rings. The van der Waals surface area contributed by atoms with Gasteiger partial charge in [0.2, 0.25) is 0 Å². The second-order valence-electron chi connectivity index (χ2n) is 7.57. The van der Waals surface area contributed by atoms with Gasteiger partial charge in [0.05, 0.1) is 21.8 Å². The van der Waals surface area contributed by atoms with Gasteiger partial charge in [0, 0.05) is 25.0 Å². The van der Waals surface area contributed by atoms with Gasteiger partial charge >= 0.3 is 6.03 Å². The normalized spacial score (nSPS) is 16.0. The molecule has 4 rings (SSSR count). The Bertz CT molecular complexity index is 1010. The van der Waals surface area contributed by atoms with Crippen LogP contribution < -0.4 is 5.32 Å². The van der Waals surface area contributed by atoms with Crippen LogP contribution in [0.15, 0.2) is 60.8 Å². The Kier molecular flexibility index (Phi) is 5.57. The Balaban J connectivity index is 1.69. The van der Waals surface area contributed by atoms with E-state index in [-0.39, 0.29) is 12.1 Å². The molecule has 0 fully saturated rings. The standard InChI is InChI=1S/C23H23Cl2N3O/c1-15(2)16-8-10-17(11-9-16)22-20-7-4-12-27(20)13-14-28(22)23(29)26-21-18(24)5-3-6-19(21)25/h3-12,15,22H,13-14H2,1-2H3,(H,26,29). The van der Waals surface area contributed by atoms with E-state index in [9.17, 15) is 4.79 Å². The lowest BCUT2D eigenvalue weighted by molar-refractivity contribution is 0.182. The average molecular weight is 428 g/mol. The molecule has 1 atom stereocenters. The van der Waals surface area contributed by atoms with Crippen LogP contribution in [0, 0.1) is 0 Å². The van der Waals surface area contributed by atoms with Crippen molar-refractivity contribution in [1.29, 1.82) is 0 Å². The first-order valence-corrected chi connectivity index (χ1v) is 10.5. The summed E-state index contributed by atoms with van der Waals surface area (Å²) in [6, 6.07) is 17.4. The number of para-hydroxylation sites is 1. The van der Waals surface area contributed by atoms with Crippen molar-refractivity contribution in [2.45, 2.75) is 32.4 Å². The largest absolute Gasteiger partial charge is 0.348 e. The zero-order chi connectivity index (χ0) is 20.5. The van der Waals surface area contributed by atoms with Crippen molar-refractivity contribution in [2.24, 2.45) is 0 Å². The number of nitrogens with zero attached hydrogens (tertiary/aromatic N) is 2. The maximum atomic E-state index is 13.3. The molecule has 6 heteroatoms. The van der Waals surface area contributed by atoms with Crippen molar-refractivity contribution in [2.75, 3.05) is 11.9 Å². The highest BCUT2D eigenvalue weighted by Gasteiger charge is 2.32. The Hall–Kier alpha value is -2.43. The molecule has 1 aliphatic rings. The van der Waals surface area contributed by atoms with Gasteiger partial charge < -0.3 is 14.8 Å². The maximum Gasteiger partial charge on any atom is 0.322 e. The molecule has 1 aromatic heterocycles. The molecule has 0 radical (unpaired) electrons. The van der Waals surface area contributed by atoms with Crippen LogP contribution in [0.2, 0.25) is 10.0 Å². The minimum absolute atomic E-state index is 0.179. The zero-order valence-electron chi connectivity index (χ0n) is 16.4. The molecular formula is C23H23Cl2N3O. The second kappa shape index (κ2) is 8.13. The third-order valence-electron chi connectivity index (χ3n) is 5.41. The number of carbonyl (C=O) groups excluding carboxylic acids is 1. The number of hydrogen-bond acceptors (Lipinski definition) is 1. The molecule has 1 unspecified atom stereocenters. The van der Waals surface area contributed by atoms with Crippen LogP contribution in [0.5, 0.6) is 0 Å². The number of rotatable bonds is 3. The number of hydrogen-bond donors (Lipinski definition) is 1. The van der Waals surface area contributed by atoms with Crippen LogP contribution in [0.1, 0.15) is 42.6 Å². The van der Waals surface area contributed by atoms with Crippen LogP contribution in [0.25, 0.3) is 0 Å². The molecule has 1 aliphatic heterocycles. The first-order chi connectivity index (χ1) is 14.0. The molecule has 0 saturated carbocycles. The number of benzene rings is 2. The van der Waals surface area contributed by atoms with Crippen LogP contribution in [-0.2, 0) is 6.54 Å². The molecule has 0 aliphatic carbocycles. The number of aromatic nitrogens is 1. The van der Waals surface area contributed by atoms with E-state index in [0.29, 0.717) is 28.2 Å². The first-order valence-electron chi connectivity index (χ1n) is 9.72. The fourth-order valence-corrected chi connectivity index (χ4v) is 4.30. The molecule has 0 bridgehead atoms. The summed E-state index contributed by atoms with van der Waals surface area (Å²) in [5.74, 6) is 0.459. The van der Waals surface area contributed by atoms with Crippen LogP contribution in [0.3, 0.4) is 0 Å². The number of carbonyl (C=O) groups is 1. The van der Waals surface area contributed by atoms with Crippen molar-refractivity contribution in [3.05, 3.63) is 87.7 Å². The zero-order valence-corrected chi connectivity index (χ0v) is 17.9. The quantitative estimate of drug-likeness (QED) is 0.504. The number of anilines is 1. The molecule has 0 saturated heterocycles. The van der Waals surface area contributed by atoms with E-state index < -0.39 is 0 Å².